The van der Waals surface area contributed by atoms with E-state index in [1.807, 2.05) is 24.3 Å². The van der Waals surface area contributed by atoms with E-state index in [2.05, 4.69) is 4.98 Å². The molecule has 0 saturated carbocycles. The summed E-state index contributed by atoms with van der Waals surface area (Å²) in [6, 6.07) is 7.72. The normalized spacial score (nSPS) is 17.8. The molecule has 1 atom stereocenters. The van der Waals surface area contributed by atoms with E-state index in [-0.39, 0.29) is 12.5 Å². The van der Waals surface area contributed by atoms with Gasteiger partial charge in [0, 0.05) is 17.6 Å². The summed E-state index contributed by atoms with van der Waals surface area (Å²) in [7, 11) is 0. The van der Waals surface area contributed by atoms with Crippen molar-refractivity contribution in [1.29, 1.82) is 0 Å². The maximum Gasteiger partial charge on any atom is 0.309 e. The van der Waals surface area contributed by atoms with Crippen LogP contribution in [-0.4, -0.2) is 35.4 Å². The van der Waals surface area contributed by atoms with Crippen molar-refractivity contribution in [2.75, 3.05) is 13.2 Å². The molecule has 2 heterocycles. The highest BCUT2D eigenvalue weighted by atomic mass is 32.1. The molecule has 0 spiro atoms. The van der Waals surface area contributed by atoms with Crippen LogP contribution in [0.3, 0.4) is 0 Å². The zero-order valence-corrected chi connectivity index (χ0v) is 13.6. The predicted octanol–water partition coefficient (Wildman–Crippen LogP) is 3.39. The molecule has 1 aliphatic rings. The Morgan fingerprint density at radius 2 is 2.17 bits per heavy atom. The minimum atomic E-state index is -0.865. The molecule has 23 heavy (non-hydrogen) atoms. The van der Waals surface area contributed by atoms with E-state index in [0.29, 0.717) is 12.3 Å². The minimum absolute atomic E-state index is 0.0426. The first-order chi connectivity index (χ1) is 11.2. The van der Waals surface area contributed by atoms with Gasteiger partial charge in [-0.1, -0.05) is 0 Å². The van der Waals surface area contributed by atoms with E-state index in [1.54, 1.807) is 5.38 Å². The fourth-order valence-electron chi connectivity index (χ4n) is 2.50. The fraction of sp³-hybridized carbons (Fsp3) is 0.412. The van der Waals surface area contributed by atoms with Crippen LogP contribution in [0.5, 0.6) is 5.75 Å². The van der Waals surface area contributed by atoms with Gasteiger partial charge >= 0.3 is 5.97 Å². The number of nitrogens with zero attached hydrogens (tertiary/aromatic N) is 1. The molecular weight excluding hydrogens is 314 g/mol. The Bertz CT molecular complexity index is 647. The molecule has 0 bridgehead atoms. The Balaban J connectivity index is 1.58. The van der Waals surface area contributed by atoms with Crippen LogP contribution in [0, 0.1) is 0 Å². The highest BCUT2D eigenvalue weighted by molar-refractivity contribution is 7.13. The monoisotopic (exact) mass is 333 g/mol. The third-order valence-electron chi connectivity index (χ3n) is 3.70. The van der Waals surface area contributed by atoms with Crippen LogP contribution in [0.1, 0.15) is 25.0 Å². The van der Waals surface area contributed by atoms with Gasteiger partial charge < -0.3 is 14.6 Å². The highest BCUT2D eigenvalue weighted by Gasteiger charge is 2.14. The summed E-state index contributed by atoms with van der Waals surface area (Å²) in [4.78, 5) is 15.0. The lowest BCUT2D eigenvalue weighted by molar-refractivity contribution is -0.136. The first-order valence-corrected chi connectivity index (χ1v) is 8.60. The van der Waals surface area contributed by atoms with E-state index >= 15 is 0 Å². The van der Waals surface area contributed by atoms with Gasteiger partial charge in [0.25, 0.3) is 0 Å². The van der Waals surface area contributed by atoms with Crippen molar-refractivity contribution < 1.29 is 19.4 Å². The summed E-state index contributed by atoms with van der Waals surface area (Å²) in [5.41, 5.74) is 1.56. The maximum atomic E-state index is 10.7. The molecule has 5 nitrogen and oxygen atoms in total. The van der Waals surface area contributed by atoms with Gasteiger partial charge in [0.2, 0.25) is 0 Å². The zero-order valence-electron chi connectivity index (χ0n) is 12.7. The first kappa shape index (κ1) is 16.0. The topological polar surface area (TPSA) is 68.7 Å². The van der Waals surface area contributed by atoms with Crippen molar-refractivity contribution in [3.8, 4) is 16.3 Å². The second kappa shape index (κ2) is 7.57. The quantitative estimate of drug-likeness (QED) is 0.877. The number of benzene rings is 1. The summed E-state index contributed by atoms with van der Waals surface area (Å²) in [5.74, 6) is -0.0548. The van der Waals surface area contributed by atoms with Crippen molar-refractivity contribution in [2.45, 2.75) is 31.8 Å². The van der Waals surface area contributed by atoms with Crippen LogP contribution in [0.2, 0.25) is 0 Å². The molecule has 2 aromatic rings. The van der Waals surface area contributed by atoms with Gasteiger partial charge in [-0.05, 0) is 43.5 Å². The van der Waals surface area contributed by atoms with Gasteiger partial charge in [-0.3, -0.25) is 4.79 Å². The average molecular weight is 333 g/mol. The molecule has 1 fully saturated rings. The second-order valence-electron chi connectivity index (χ2n) is 5.54. The van der Waals surface area contributed by atoms with E-state index in [4.69, 9.17) is 14.6 Å². The standard InChI is InChI=1S/C17H19NO4S/c19-16(20)9-13-11-23-17(18-13)12-4-6-14(7-5-12)22-10-15-3-1-2-8-21-15/h4-7,11,15H,1-3,8-10H2,(H,19,20). The average Bonchev–Trinajstić information content (AvgIpc) is 3.02. The fourth-order valence-corrected chi connectivity index (χ4v) is 3.32. The van der Waals surface area contributed by atoms with E-state index in [9.17, 15) is 4.79 Å². The molecular formula is C17H19NO4S. The molecule has 1 aliphatic heterocycles. The molecule has 3 rings (SSSR count). The molecule has 0 aliphatic carbocycles. The van der Waals surface area contributed by atoms with E-state index < -0.39 is 5.97 Å². The third-order valence-corrected chi connectivity index (χ3v) is 4.64. The maximum absolute atomic E-state index is 10.7. The molecule has 6 heteroatoms. The molecule has 1 aromatic carbocycles. The summed E-state index contributed by atoms with van der Waals surface area (Å²) in [6.07, 6.45) is 3.56. The van der Waals surface area contributed by atoms with Crippen molar-refractivity contribution >= 4 is 17.3 Å². The largest absolute Gasteiger partial charge is 0.491 e. The van der Waals surface area contributed by atoms with E-state index in [1.165, 1.54) is 17.8 Å². The molecule has 1 aromatic heterocycles. The number of carboxylic acids is 1. The molecule has 0 radical (unpaired) electrons. The van der Waals surface area contributed by atoms with Crippen molar-refractivity contribution in [3.63, 3.8) is 0 Å². The third kappa shape index (κ3) is 4.53. The Morgan fingerprint density at radius 3 is 2.87 bits per heavy atom. The number of rotatable bonds is 6. The first-order valence-electron chi connectivity index (χ1n) is 7.72. The smallest absolute Gasteiger partial charge is 0.309 e. The molecule has 1 unspecified atom stereocenters. The molecule has 1 saturated heterocycles. The van der Waals surface area contributed by atoms with Crippen LogP contribution in [-0.2, 0) is 16.0 Å². The number of carboxylic acid groups (broad SMARTS) is 1. The van der Waals surface area contributed by atoms with Crippen LogP contribution in [0.25, 0.3) is 10.6 Å². The van der Waals surface area contributed by atoms with Crippen molar-refractivity contribution in [3.05, 3.63) is 35.3 Å². The summed E-state index contributed by atoms with van der Waals surface area (Å²) in [5, 5.41) is 11.4. The Morgan fingerprint density at radius 1 is 1.35 bits per heavy atom. The number of thiazole rings is 1. The van der Waals surface area contributed by atoms with Gasteiger partial charge in [0.15, 0.2) is 0 Å². The van der Waals surface area contributed by atoms with Crippen LogP contribution in [0.4, 0.5) is 0 Å². The lowest BCUT2D eigenvalue weighted by Crippen LogP contribution is -2.25. The van der Waals surface area contributed by atoms with Crippen LogP contribution < -0.4 is 4.74 Å². The number of hydrogen-bond acceptors (Lipinski definition) is 5. The SMILES string of the molecule is O=C(O)Cc1csc(-c2ccc(OCC3CCCCO3)cc2)n1. The van der Waals surface area contributed by atoms with Crippen molar-refractivity contribution in [2.24, 2.45) is 0 Å². The molecule has 1 N–H and O–H groups in total. The van der Waals surface area contributed by atoms with Crippen molar-refractivity contribution in [1.82, 2.24) is 4.98 Å². The number of hydrogen-bond donors (Lipinski definition) is 1. The van der Waals surface area contributed by atoms with Gasteiger partial charge in [-0.25, -0.2) is 4.98 Å². The molecule has 0 amide bonds. The summed E-state index contributed by atoms with van der Waals surface area (Å²) < 4.78 is 11.4. The van der Waals surface area contributed by atoms with E-state index in [0.717, 1.165) is 35.8 Å². The Kier molecular flexibility index (Phi) is 5.25. The highest BCUT2D eigenvalue weighted by Crippen LogP contribution is 2.26. The lowest BCUT2D eigenvalue weighted by Gasteiger charge is -2.22. The lowest BCUT2D eigenvalue weighted by atomic mass is 10.1. The van der Waals surface area contributed by atoms with Gasteiger partial charge in [0.1, 0.15) is 17.4 Å². The number of aliphatic carboxylic acids is 1. The van der Waals surface area contributed by atoms with Crippen LogP contribution >= 0.6 is 11.3 Å². The van der Waals surface area contributed by atoms with Gasteiger partial charge in [0.05, 0.1) is 18.2 Å². The number of aromatic nitrogens is 1. The Labute approximate surface area is 138 Å². The van der Waals surface area contributed by atoms with Gasteiger partial charge in [-0.15, -0.1) is 11.3 Å². The second-order valence-corrected chi connectivity index (χ2v) is 6.40. The zero-order chi connectivity index (χ0) is 16.1. The summed E-state index contributed by atoms with van der Waals surface area (Å²) in [6.45, 7) is 1.41. The number of ether oxygens (including phenoxy) is 2. The molecule has 122 valence electrons. The van der Waals surface area contributed by atoms with Gasteiger partial charge in [-0.2, -0.15) is 0 Å². The Hall–Kier alpha value is -1.92. The van der Waals surface area contributed by atoms with Crippen LogP contribution in [0.15, 0.2) is 29.6 Å². The predicted molar refractivity (Wildman–Crippen MR) is 88.0 cm³/mol. The summed E-state index contributed by atoms with van der Waals surface area (Å²) >= 11 is 1.45. The number of carbonyl (C=O) groups is 1. The minimum Gasteiger partial charge on any atom is -0.491 e.